The zero-order valence-corrected chi connectivity index (χ0v) is 11.8. The minimum absolute atomic E-state index is 0.169. The first kappa shape index (κ1) is 12.0. The Kier molecular flexibility index (Phi) is 2.61. The molecule has 2 aliphatic rings. The summed E-state index contributed by atoms with van der Waals surface area (Å²) in [5.74, 6) is 1.50. The van der Waals surface area contributed by atoms with Crippen LogP contribution >= 0.6 is 0 Å². The second-order valence-corrected chi connectivity index (χ2v) is 5.96. The van der Waals surface area contributed by atoms with E-state index in [0.717, 1.165) is 25.3 Å². The Labute approximate surface area is 120 Å². The van der Waals surface area contributed by atoms with Gasteiger partial charge in [-0.3, -0.25) is 0 Å². The summed E-state index contributed by atoms with van der Waals surface area (Å²) in [7, 11) is 2.20. The van der Waals surface area contributed by atoms with E-state index in [1.54, 1.807) is 0 Å². The van der Waals surface area contributed by atoms with Crippen LogP contribution < -0.4 is 4.74 Å². The van der Waals surface area contributed by atoms with Gasteiger partial charge >= 0.3 is 0 Å². The van der Waals surface area contributed by atoms with Crippen molar-refractivity contribution in [3.05, 3.63) is 65.7 Å². The lowest BCUT2D eigenvalue weighted by Gasteiger charge is -2.42. The highest BCUT2D eigenvalue weighted by Gasteiger charge is 2.51. The lowest BCUT2D eigenvalue weighted by atomic mass is 9.74. The van der Waals surface area contributed by atoms with Gasteiger partial charge in [0.2, 0.25) is 0 Å². The van der Waals surface area contributed by atoms with E-state index in [4.69, 9.17) is 4.74 Å². The maximum absolute atomic E-state index is 6.51. The minimum atomic E-state index is -0.169. The lowest BCUT2D eigenvalue weighted by molar-refractivity contribution is 0.00703. The fourth-order valence-electron chi connectivity index (χ4n) is 3.74. The highest BCUT2D eigenvalue weighted by Crippen LogP contribution is 2.53. The van der Waals surface area contributed by atoms with Crippen LogP contribution in [0.25, 0.3) is 0 Å². The number of fused-ring (bicyclic) bond motifs is 3. The maximum Gasteiger partial charge on any atom is 0.143 e. The molecule has 2 atom stereocenters. The van der Waals surface area contributed by atoms with E-state index < -0.39 is 0 Å². The van der Waals surface area contributed by atoms with Gasteiger partial charge in [0.25, 0.3) is 0 Å². The Bertz CT molecular complexity index is 624. The van der Waals surface area contributed by atoms with Crippen LogP contribution in [0.4, 0.5) is 0 Å². The molecule has 1 fully saturated rings. The SMILES string of the molecule is CN1CC[C@@]2(c3ccccc3)Oc3ccccc3[C@H]2C1. The van der Waals surface area contributed by atoms with Gasteiger partial charge in [-0.05, 0) is 18.7 Å². The van der Waals surface area contributed by atoms with Crippen LogP contribution in [0.2, 0.25) is 0 Å². The predicted octanol–water partition coefficient (Wildman–Crippen LogP) is 3.39. The number of para-hydroxylation sites is 1. The number of rotatable bonds is 1. The first-order chi connectivity index (χ1) is 9.79. The van der Waals surface area contributed by atoms with Gasteiger partial charge in [-0.2, -0.15) is 0 Å². The molecule has 1 saturated heterocycles. The third-order valence-electron chi connectivity index (χ3n) is 4.77. The number of nitrogens with zero attached hydrogens (tertiary/aromatic N) is 1. The van der Waals surface area contributed by atoms with Crippen molar-refractivity contribution in [2.24, 2.45) is 0 Å². The van der Waals surface area contributed by atoms with Gasteiger partial charge in [-0.25, -0.2) is 0 Å². The average molecular weight is 265 g/mol. The highest BCUT2D eigenvalue weighted by molar-refractivity contribution is 5.47. The molecule has 0 unspecified atom stereocenters. The summed E-state index contributed by atoms with van der Waals surface area (Å²) in [6.07, 6.45) is 1.05. The zero-order valence-electron chi connectivity index (χ0n) is 11.8. The standard InChI is InChI=1S/C18H19NO/c1-19-12-11-18(14-7-3-2-4-8-14)16(13-19)15-9-5-6-10-17(15)20-18/h2-10,16H,11-13H2,1H3/t16-,18+/m1/s1. The predicted molar refractivity (Wildman–Crippen MR) is 80.0 cm³/mol. The van der Waals surface area contributed by atoms with Crippen LogP contribution in [0.5, 0.6) is 5.75 Å². The molecule has 0 bridgehead atoms. The fraction of sp³-hybridized carbons (Fsp3) is 0.333. The van der Waals surface area contributed by atoms with Crippen molar-refractivity contribution < 1.29 is 4.74 Å². The molecule has 2 heterocycles. The molecule has 2 nitrogen and oxygen atoms in total. The van der Waals surface area contributed by atoms with Gasteiger partial charge in [0.05, 0.1) is 0 Å². The van der Waals surface area contributed by atoms with Crippen molar-refractivity contribution in [2.45, 2.75) is 17.9 Å². The van der Waals surface area contributed by atoms with Crippen LogP contribution in [0.15, 0.2) is 54.6 Å². The van der Waals surface area contributed by atoms with E-state index in [2.05, 4.69) is 66.5 Å². The van der Waals surface area contributed by atoms with Gasteiger partial charge in [0.15, 0.2) is 0 Å². The summed E-state index contributed by atoms with van der Waals surface area (Å²) in [6, 6.07) is 19.3. The molecular formula is C18H19NO. The largest absolute Gasteiger partial charge is 0.482 e. The molecule has 0 spiro atoms. The summed E-state index contributed by atoms with van der Waals surface area (Å²) in [5.41, 5.74) is 2.51. The molecule has 2 aromatic rings. The molecule has 0 N–H and O–H groups in total. The normalized spacial score (nSPS) is 28.6. The first-order valence-electron chi connectivity index (χ1n) is 7.32. The third-order valence-corrected chi connectivity index (χ3v) is 4.77. The Morgan fingerprint density at radius 2 is 1.80 bits per heavy atom. The second kappa shape index (κ2) is 4.35. The van der Waals surface area contributed by atoms with E-state index in [0.29, 0.717) is 5.92 Å². The summed E-state index contributed by atoms with van der Waals surface area (Å²) in [4.78, 5) is 2.41. The van der Waals surface area contributed by atoms with E-state index in [1.165, 1.54) is 11.1 Å². The summed E-state index contributed by atoms with van der Waals surface area (Å²) >= 11 is 0. The Hall–Kier alpha value is -1.80. The summed E-state index contributed by atoms with van der Waals surface area (Å²) in [5, 5.41) is 0. The van der Waals surface area contributed by atoms with Crippen LogP contribution in [0.1, 0.15) is 23.5 Å². The molecule has 2 aromatic carbocycles. The third kappa shape index (κ3) is 1.61. The lowest BCUT2D eigenvalue weighted by Crippen LogP contribution is -2.47. The smallest absolute Gasteiger partial charge is 0.143 e. The maximum atomic E-state index is 6.51. The van der Waals surface area contributed by atoms with Crippen molar-refractivity contribution in [1.82, 2.24) is 4.90 Å². The number of hydrogen-bond donors (Lipinski definition) is 0. The number of ether oxygens (including phenoxy) is 1. The van der Waals surface area contributed by atoms with Gasteiger partial charge < -0.3 is 9.64 Å². The molecule has 102 valence electrons. The van der Waals surface area contributed by atoms with E-state index >= 15 is 0 Å². The molecule has 0 saturated carbocycles. The number of hydrogen-bond acceptors (Lipinski definition) is 2. The zero-order chi connectivity index (χ0) is 13.6. The molecule has 0 aromatic heterocycles. The number of piperidine rings is 1. The highest BCUT2D eigenvalue weighted by atomic mass is 16.5. The molecule has 2 heteroatoms. The molecule has 20 heavy (non-hydrogen) atoms. The Balaban J connectivity index is 1.86. The fourth-order valence-corrected chi connectivity index (χ4v) is 3.74. The van der Waals surface area contributed by atoms with Crippen molar-refractivity contribution in [2.75, 3.05) is 20.1 Å². The average Bonchev–Trinajstić information content (AvgIpc) is 2.83. The molecule has 2 aliphatic heterocycles. The quantitative estimate of drug-likeness (QED) is 0.783. The van der Waals surface area contributed by atoms with Crippen molar-refractivity contribution in [1.29, 1.82) is 0 Å². The van der Waals surface area contributed by atoms with E-state index in [9.17, 15) is 0 Å². The molecule has 0 radical (unpaired) electrons. The van der Waals surface area contributed by atoms with Crippen LogP contribution in [-0.4, -0.2) is 25.0 Å². The second-order valence-electron chi connectivity index (χ2n) is 5.96. The molecule has 4 rings (SSSR count). The number of benzene rings is 2. The van der Waals surface area contributed by atoms with Gasteiger partial charge in [-0.1, -0.05) is 48.5 Å². The Morgan fingerprint density at radius 3 is 2.65 bits per heavy atom. The number of likely N-dealkylation sites (N-methyl/N-ethyl adjacent to an activating group) is 1. The monoisotopic (exact) mass is 265 g/mol. The summed E-state index contributed by atoms with van der Waals surface area (Å²) < 4.78 is 6.51. The van der Waals surface area contributed by atoms with Crippen molar-refractivity contribution in [3.8, 4) is 5.75 Å². The topological polar surface area (TPSA) is 12.5 Å². The Morgan fingerprint density at radius 1 is 1.05 bits per heavy atom. The first-order valence-corrected chi connectivity index (χ1v) is 7.32. The van der Waals surface area contributed by atoms with Gasteiger partial charge in [0.1, 0.15) is 11.4 Å². The van der Waals surface area contributed by atoms with Crippen LogP contribution in [0.3, 0.4) is 0 Å². The molecule has 0 amide bonds. The number of likely N-dealkylation sites (tertiary alicyclic amines) is 1. The molecule has 0 aliphatic carbocycles. The minimum Gasteiger partial charge on any atom is -0.482 e. The van der Waals surface area contributed by atoms with E-state index in [1.807, 2.05) is 0 Å². The van der Waals surface area contributed by atoms with Crippen LogP contribution in [-0.2, 0) is 5.60 Å². The van der Waals surface area contributed by atoms with Gasteiger partial charge in [0, 0.05) is 31.0 Å². The van der Waals surface area contributed by atoms with Gasteiger partial charge in [-0.15, -0.1) is 0 Å². The van der Waals surface area contributed by atoms with Crippen LogP contribution in [0, 0.1) is 0 Å². The van der Waals surface area contributed by atoms with E-state index in [-0.39, 0.29) is 5.60 Å². The van der Waals surface area contributed by atoms with Crippen molar-refractivity contribution >= 4 is 0 Å². The summed E-state index contributed by atoms with van der Waals surface area (Å²) in [6.45, 7) is 2.14. The molecular weight excluding hydrogens is 246 g/mol. The van der Waals surface area contributed by atoms with Crippen molar-refractivity contribution in [3.63, 3.8) is 0 Å².